The zero-order chi connectivity index (χ0) is 12.8. The summed E-state index contributed by atoms with van der Waals surface area (Å²) in [4.78, 5) is 13.8. The number of ether oxygens (including phenoxy) is 1. The van der Waals surface area contributed by atoms with Crippen LogP contribution in [0.5, 0.6) is 0 Å². The van der Waals surface area contributed by atoms with Crippen molar-refractivity contribution in [3.8, 4) is 0 Å². The third kappa shape index (κ3) is 2.57. The van der Waals surface area contributed by atoms with Crippen molar-refractivity contribution < 1.29 is 9.53 Å². The van der Waals surface area contributed by atoms with Crippen LogP contribution in [0.4, 0.5) is 4.79 Å². The van der Waals surface area contributed by atoms with E-state index in [1.807, 2.05) is 25.7 Å². The average molecular weight is 240 g/mol. The van der Waals surface area contributed by atoms with Crippen LogP contribution < -0.4 is 5.32 Å². The van der Waals surface area contributed by atoms with Gasteiger partial charge in [-0.1, -0.05) is 13.8 Å². The Bertz CT molecular complexity index is 320. The van der Waals surface area contributed by atoms with Crippen molar-refractivity contribution in [2.75, 3.05) is 19.6 Å². The molecule has 4 nitrogen and oxygen atoms in total. The van der Waals surface area contributed by atoms with E-state index in [-0.39, 0.29) is 11.5 Å². The van der Waals surface area contributed by atoms with Crippen LogP contribution in [-0.2, 0) is 4.74 Å². The molecule has 2 aliphatic heterocycles. The number of nitrogens with one attached hydrogen (secondary N) is 1. The van der Waals surface area contributed by atoms with E-state index in [1.54, 1.807) is 0 Å². The molecular formula is C13H24N2O2. The first-order chi connectivity index (χ1) is 7.69. The standard InChI is InChI=1S/C13H24N2O2/c1-12(2,3)17-11(16)15-6-9-10(7-15)14-8-13(9,4)5/h9-10,14H,6-8H2,1-5H3. The molecule has 0 aromatic rings. The lowest BCUT2D eigenvalue weighted by molar-refractivity contribution is 0.0272. The number of fused-ring (bicyclic) bond motifs is 1. The van der Waals surface area contributed by atoms with Gasteiger partial charge in [0.05, 0.1) is 0 Å². The number of carbonyl (C=O) groups excluding carboxylic acids is 1. The Morgan fingerprint density at radius 3 is 2.53 bits per heavy atom. The summed E-state index contributed by atoms with van der Waals surface area (Å²) in [6, 6.07) is 0.442. The number of likely N-dealkylation sites (tertiary alicyclic amines) is 1. The second-order valence-corrected chi connectivity index (χ2v) is 6.97. The monoisotopic (exact) mass is 240 g/mol. The molecular weight excluding hydrogens is 216 g/mol. The van der Waals surface area contributed by atoms with Crippen molar-refractivity contribution in [3.63, 3.8) is 0 Å². The molecule has 2 unspecified atom stereocenters. The van der Waals surface area contributed by atoms with Gasteiger partial charge < -0.3 is 15.0 Å². The number of hydrogen-bond acceptors (Lipinski definition) is 3. The Morgan fingerprint density at radius 1 is 1.35 bits per heavy atom. The molecule has 0 saturated carbocycles. The highest BCUT2D eigenvalue weighted by Gasteiger charge is 2.48. The Morgan fingerprint density at radius 2 is 2.00 bits per heavy atom. The highest BCUT2D eigenvalue weighted by molar-refractivity contribution is 5.68. The summed E-state index contributed by atoms with van der Waals surface area (Å²) in [7, 11) is 0. The van der Waals surface area contributed by atoms with E-state index < -0.39 is 5.60 Å². The molecule has 98 valence electrons. The van der Waals surface area contributed by atoms with Crippen LogP contribution in [0, 0.1) is 11.3 Å². The second-order valence-electron chi connectivity index (χ2n) is 6.97. The predicted octanol–water partition coefficient (Wildman–Crippen LogP) is 1.85. The normalized spacial score (nSPS) is 31.5. The van der Waals surface area contributed by atoms with Gasteiger partial charge in [-0.25, -0.2) is 4.79 Å². The van der Waals surface area contributed by atoms with Gasteiger partial charge in [-0.3, -0.25) is 0 Å². The summed E-state index contributed by atoms with van der Waals surface area (Å²) in [5.41, 5.74) is -0.126. The van der Waals surface area contributed by atoms with Crippen LogP contribution in [0.15, 0.2) is 0 Å². The molecule has 0 aromatic carbocycles. The maximum Gasteiger partial charge on any atom is 0.410 e. The van der Waals surface area contributed by atoms with Gasteiger partial charge in [-0.15, -0.1) is 0 Å². The van der Waals surface area contributed by atoms with E-state index in [1.165, 1.54) is 0 Å². The molecule has 2 aliphatic rings. The van der Waals surface area contributed by atoms with Crippen molar-refractivity contribution >= 4 is 6.09 Å². The number of hydrogen-bond donors (Lipinski definition) is 1. The van der Waals surface area contributed by atoms with Gasteiger partial charge in [0.1, 0.15) is 5.60 Å². The van der Waals surface area contributed by atoms with E-state index in [4.69, 9.17) is 4.74 Å². The summed E-state index contributed by atoms with van der Waals surface area (Å²) >= 11 is 0. The molecule has 0 radical (unpaired) electrons. The Hall–Kier alpha value is -0.770. The Balaban J connectivity index is 1.97. The van der Waals surface area contributed by atoms with Crippen LogP contribution in [0.1, 0.15) is 34.6 Å². The van der Waals surface area contributed by atoms with Crippen molar-refractivity contribution in [2.45, 2.75) is 46.3 Å². The maximum atomic E-state index is 12.0. The van der Waals surface area contributed by atoms with E-state index in [9.17, 15) is 4.79 Å². The minimum absolute atomic E-state index is 0.176. The first-order valence-electron chi connectivity index (χ1n) is 6.40. The SMILES string of the molecule is CC(C)(C)OC(=O)N1CC2NCC(C)(C)C2C1. The molecule has 0 aliphatic carbocycles. The van der Waals surface area contributed by atoms with Crippen LogP contribution in [0.25, 0.3) is 0 Å². The lowest BCUT2D eigenvalue weighted by atomic mass is 9.80. The molecule has 2 fully saturated rings. The van der Waals surface area contributed by atoms with Crippen molar-refractivity contribution in [1.29, 1.82) is 0 Å². The molecule has 0 spiro atoms. The highest BCUT2D eigenvalue weighted by Crippen LogP contribution is 2.39. The van der Waals surface area contributed by atoms with Crippen molar-refractivity contribution in [2.24, 2.45) is 11.3 Å². The third-order valence-corrected chi connectivity index (χ3v) is 3.80. The molecule has 0 aromatic heterocycles. The number of carbonyl (C=O) groups is 1. The average Bonchev–Trinajstić information content (AvgIpc) is 2.65. The minimum atomic E-state index is -0.405. The zero-order valence-electron chi connectivity index (χ0n) is 11.5. The van der Waals surface area contributed by atoms with Gasteiger partial charge in [-0.2, -0.15) is 0 Å². The lowest BCUT2D eigenvalue weighted by Gasteiger charge is -2.27. The highest BCUT2D eigenvalue weighted by atomic mass is 16.6. The first-order valence-corrected chi connectivity index (χ1v) is 6.40. The summed E-state index contributed by atoms with van der Waals surface area (Å²) in [5, 5.41) is 3.51. The van der Waals surface area contributed by atoms with E-state index in [2.05, 4.69) is 19.2 Å². The molecule has 2 rings (SSSR count). The molecule has 1 N–H and O–H groups in total. The number of amides is 1. The second kappa shape index (κ2) is 3.87. The molecule has 0 bridgehead atoms. The smallest absolute Gasteiger partial charge is 0.410 e. The van der Waals surface area contributed by atoms with E-state index in [0.29, 0.717) is 12.0 Å². The summed E-state index contributed by atoms with van der Waals surface area (Å²) < 4.78 is 5.41. The zero-order valence-corrected chi connectivity index (χ0v) is 11.5. The Kier molecular flexibility index (Phi) is 2.89. The topological polar surface area (TPSA) is 41.6 Å². The summed E-state index contributed by atoms with van der Waals surface area (Å²) in [6.07, 6.45) is -0.176. The first kappa shape index (κ1) is 12.7. The largest absolute Gasteiger partial charge is 0.444 e. The van der Waals surface area contributed by atoms with Crippen LogP contribution in [0.2, 0.25) is 0 Å². The molecule has 1 amide bonds. The van der Waals surface area contributed by atoms with Gasteiger partial charge in [-0.05, 0) is 32.1 Å². The molecule has 17 heavy (non-hydrogen) atoms. The fraction of sp³-hybridized carbons (Fsp3) is 0.923. The Labute approximate surface area is 104 Å². The number of nitrogens with zero attached hydrogens (tertiary/aromatic N) is 1. The van der Waals surface area contributed by atoms with Crippen molar-refractivity contribution in [1.82, 2.24) is 10.2 Å². The molecule has 2 atom stereocenters. The van der Waals surface area contributed by atoms with Gasteiger partial charge in [0.2, 0.25) is 0 Å². The molecule has 2 saturated heterocycles. The van der Waals surface area contributed by atoms with Gasteiger partial charge in [0, 0.05) is 25.7 Å². The quantitative estimate of drug-likeness (QED) is 0.702. The van der Waals surface area contributed by atoms with E-state index in [0.717, 1.165) is 19.6 Å². The molecule has 4 heteroatoms. The fourth-order valence-corrected chi connectivity index (χ4v) is 2.80. The van der Waals surface area contributed by atoms with Gasteiger partial charge in [0.25, 0.3) is 0 Å². The van der Waals surface area contributed by atoms with Crippen LogP contribution in [0.3, 0.4) is 0 Å². The van der Waals surface area contributed by atoms with E-state index >= 15 is 0 Å². The minimum Gasteiger partial charge on any atom is -0.444 e. The fourth-order valence-electron chi connectivity index (χ4n) is 2.80. The summed E-state index contributed by atoms with van der Waals surface area (Å²) in [6.45, 7) is 12.9. The van der Waals surface area contributed by atoms with Crippen molar-refractivity contribution in [3.05, 3.63) is 0 Å². The summed E-state index contributed by atoms with van der Waals surface area (Å²) in [5.74, 6) is 0.551. The van der Waals surface area contributed by atoms with Crippen LogP contribution >= 0.6 is 0 Å². The molecule has 2 heterocycles. The predicted molar refractivity (Wildman–Crippen MR) is 66.9 cm³/mol. The number of rotatable bonds is 0. The van der Waals surface area contributed by atoms with Gasteiger partial charge in [0.15, 0.2) is 0 Å². The third-order valence-electron chi connectivity index (χ3n) is 3.80. The maximum absolute atomic E-state index is 12.0. The lowest BCUT2D eigenvalue weighted by Crippen LogP contribution is -2.38. The van der Waals surface area contributed by atoms with Gasteiger partial charge >= 0.3 is 6.09 Å². The van der Waals surface area contributed by atoms with Crippen LogP contribution in [-0.4, -0.2) is 42.3 Å².